The Morgan fingerprint density at radius 2 is 2.08 bits per heavy atom. The normalized spacial score (nSPS) is 25.6. The van der Waals surface area contributed by atoms with Gasteiger partial charge in [0.2, 0.25) is 0 Å². The lowest BCUT2D eigenvalue weighted by Crippen LogP contribution is -2.55. The van der Waals surface area contributed by atoms with Crippen LogP contribution in [0.2, 0.25) is 0 Å². The molecule has 0 radical (unpaired) electrons. The van der Waals surface area contributed by atoms with Gasteiger partial charge >= 0.3 is 0 Å². The molecule has 2 fully saturated rings. The SMILES string of the molecule is CC1C(=O)NN=C2COc3cc(C4CCCC4)c(NC4CNC4)cc3N21. The average molecular weight is 355 g/mol. The molecular formula is C19H25N5O2. The van der Waals surface area contributed by atoms with Crippen LogP contribution in [0.15, 0.2) is 17.2 Å². The smallest absolute Gasteiger partial charge is 0.262 e. The molecule has 7 nitrogen and oxygen atoms in total. The first-order valence-electron chi connectivity index (χ1n) is 9.64. The van der Waals surface area contributed by atoms with Gasteiger partial charge in [-0.2, -0.15) is 5.10 Å². The minimum atomic E-state index is -0.291. The maximum atomic E-state index is 12.1. The summed E-state index contributed by atoms with van der Waals surface area (Å²) in [6.07, 6.45) is 5.08. The van der Waals surface area contributed by atoms with Crippen molar-refractivity contribution in [1.82, 2.24) is 10.7 Å². The van der Waals surface area contributed by atoms with Crippen LogP contribution in [0.3, 0.4) is 0 Å². The fourth-order valence-electron chi connectivity index (χ4n) is 4.40. The van der Waals surface area contributed by atoms with E-state index in [2.05, 4.69) is 33.3 Å². The first-order chi connectivity index (χ1) is 12.7. The van der Waals surface area contributed by atoms with Crippen LogP contribution in [0.5, 0.6) is 5.75 Å². The molecule has 7 heteroatoms. The van der Waals surface area contributed by atoms with Gasteiger partial charge in [0.15, 0.2) is 5.84 Å². The van der Waals surface area contributed by atoms with Crippen LogP contribution in [-0.2, 0) is 4.79 Å². The van der Waals surface area contributed by atoms with Crippen LogP contribution in [0.1, 0.15) is 44.1 Å². The van der Waals surface area contributed by atoms with Crippen LogP contribution in [0, 0.1) is 0 Å². The first-order valence-corrected chi connectivity index (χ1v) is 9.64. The molecule has 26 heavy (non-hydrogen) atoms. The van der Waals surface area contributed by atoms with Gasteiger partial charge in [0.05, 0.1) is 11.7 Å². The van der Waals surface area contributed by atoms with E-state index in [0.717, 1.165) is 30.4 Å². The predicted octanol–water partition coefficient (Wildman–Crippen LogP) is 1.76. The molecule has 1 aromatic rings. The zero-order chi connectivity index (χ0) is 17.7. The van der Waals surface area contributed by atoms with Crippen molar-refractivity contribution in [3.8, 4) is 5.75 Å². The molecule has 0 aromatic heterocycles. The Labute approximate surface area is 153 Å². The summed E-state index contributed by atoms with van der Waals surface area (Å²) in [5.74, 6) is 2.13. The molecule has 3 aliphatic heterocycles. The number of hydrazone groups is 1. The van der Waals surface area contributed by atoms with Crippen LogP contribution in [-0.4, -0.2) is 43.5 Å². The first kappa shape index (κ1) is 15.9. The van der Waals surface area contributed by atoms with E-state index in [0.29, 0.717) is 18.6 Å². The number of carbonyl (C=O) groups excluding carboxylic acids is 1. The molecule has 5 rings (SSSR count). The van der Waals surface area contributed by atoms with E-state index >= 15 is 0 Å². The Balaban J connectivity index is 1.58. The van der Waals surface area contributed by atoms with Crippen molar-refractivity contribution in [3.63, 3.8) is 0 Å². The Kier molecular flexibility index (Phi) is 3.77. The quantitative estimate of drug-likeness (QED) is 0.770. The Hall–Kier alpha value is -2.28. The Morgan fingerprint density at radius 3 is 2.81 bits per heavy atom. The zero-order valence-electron chi connectivity index (χ0n) is 15.0. The Morgan fingerprint density at radius 1 is 1.27 bits per heavy atom. The molecule has 4 aliphatic rings. The summed E-state index contributed by atoms with van der Waals surface area (Å²) in [7, 11) is 0. The van der Waals surface area contributed by atoms with Crippen molar-refractivity contribution in [2.45, 2.75) is 50.6 Å². The van der Waals surface area contributed by atoms with Gasteiger partial charge in [0.1, 0.15) is 18.4 Å². The second-order valence-corrected chi connectivity index (χ2v) is 7.73. The van der Waals surface area contributed by atoms with Gasteiger partial charge in [-0.3, -0.25) is 4.79 Å². The van der Waals surface area contributed by atoms with Crippen LogP contribution in [0.25, 0.3) is 0 Å². The van der Waals surface area contributed by atoms with Gasteiger partial charge in [-0.25, -0.2) is 5.43 Å². The molecule has 1 aliphatic carbocycles. The molecule has 3 N–H and O–H groups in total. The molecule has 0 spiro atoms. The van der Waals surface area contributed by atoms with Crippen molar-refractivity contribution < 1.29 is 9.53 Å². The largest absolute Gasteiger partial charge is 0.483 e. The van der Waals surface area contributed by atoms with E-state index in [1.807, 2.05) is 11.8 Å². The topological polar surface area (TPSA) is 78.0 Å². The highest BCUT2D eigenvalue weighted by Gasteiger charge is 2.36. The van der Waals surface area contributed by atoms with Gasteiger partial charge < -0.3 is 20.3 Å². The summed E-state index contributed by atoms with van der Waals surface area (Å²) < 4.78 is 6.01. The molecule has 1 atom stereocenters. The summed E-state index contributed by atoms with van der Waals surface area (Å²) in [5.41, 5.74) is 6.07. The number of amidine groups is 1. The third kappa shape index (κ3) is 2.53. The monoisotopic (exact) mass is 355 g/mol. The van der Waals surface area contributed by atoms with Crippen molar-refractivity contribution in [3.05, 3.63) is 17.7 Å². The van der Waals surface area contributed by atoms with Crippen molar-refractivity contribution in [2.24, 2.45) is 5.10 Å². The highest BCUT2D eigenvalue weighted by Crippen LogP contribution is 2.45. The van der Waals surface area contributed by atoms with E-state index in [9.17, 15) is 4.79 Å². The fourth-order valence-corrected chi connectivity index (χ4v) is 4.40. The molecule has 1 amide bonds. The van der Waals surface area contributed by atoms with Crippen LogP contribution >= 0.6 is 0 Å². The summed E-state index contributed by atoms with van der Waals surface area (Å²) in [6, 6.07) is 4.55. The predicted molar refractivity (Wildman–Crippen MR) is 101 cm³/mol. The number of anilines is 2. The van der Waals surface area contributed by atoms with E-state index in [1.165, 1.54) is 36.9 Å². The average Bonchev–Trinajstić information content (AvgIpc) is 3.14. The number of fused-ring (bicyclic) bond motifs is 3. The van der Waals surface area contributed by atoms with Gasteiger partial charge in [0.25, 0.3) is 5.91 Å². The molecule has 1 unspecified atom stereocenters. The molecule has 138 valence electrons. The molecule has 1 aromatic carbocycles. The maximum Gasteiger partial charge on any atom is 0.262 e. The number of rotatable bonds is 3. The summed E-state index contributed by atoms with van der Waals surface area (Å²) >= 11 is 0. The van der Waals surface area contributed by atoms with Gasteiger partial charge in [-0.15, -0.1) is 0 Å². The molecular weight excluding hydrogens is 330 g/mol. The number of nitrogens with one attached hydrogen (secondary N) is 3. The van der Waals surface area contributed by atoms with Gasteiger partial charge in [-0.1, -0.05) is 12.8 Å². The minimum absolute atomic E-state index is 0.0841. The lowest BCUT2D eigenvalue weighted by Gasteiger charge is -2.39. The maximum absolute atomic E-state index is 12.1. The van der Waals surface area contributed by atoms with Crippen LogP contribution < -0.4 is 25.7 Å². The van der Waals surface area contributed by atoms with Gasteiger partial charge in [0, 0.05) is 18.8 Å². The van der Waals surface area contributed by atoms with E-state index in [1.54, 1.807) is 0 Å². The molecule has 1 saturated heterocycles. The second kappa shape index (κ2) is 6.16. The number of hydrogen-bond acceptors (Lipinski definition) is 6. The lowest BCUT2D eigenvalue weighted by molar-refractivity contribution is -0.122. The standard InChI is InChI=1S/C19H25N5O2/c1-11-19(25)23-22-18-10-26-17-6-14(12-4-2-3-5-12)15(7-16(17)24(11)18)21-13-8-20-9-13/h6-7,11-13,20-21H,2-5,8-10H2,1H3,(H,23,25). The number of carbonyl (C=O) groups is 1. The van der Waals surface area contributed by atoms with E-state index in [4.69, 9.17) is 4.74 Å². The Bertz CT molecular complexity index is 767. The minimum Gasteiger partial charge on any atom is -0.483 e. The van der Waals surface area contributed by atoms with Gasteiger partial charge in [-0.05, 0) is 43.4 Å². The van der Waals surface area contributed by atoms with Crippen molar-refractivity contribution in [1.29, 1.82) is 0 Å². The molecule has 1 saturated carbocycles. The third-order valence-corrected chi connectivity index (χ3v) is 6.02. The van der Waals surface area contributed by atoms with E-state index < -0.39 is 0 Å². The van der Waals surface area contributed by atoms with Crippen molar-refractivity contribution in [2.75, 3.05) is 29.9 Å². The molecule has 0 bridgehead atoms. The number of benzene rings is 1. The lowest BCUT2D eigenvalue weighted by atomic mass is 9.93. The van der Waals surface area contributed by atoms with Crippen LogP contribution in [0.4, 0.5) is 11.4 Å². The number of nitrogens with zero attached hydrogens (tertiary/aromatic N) is 2. The third-order valence-electron chi connectivity index (χ3n) is 6.02. The number of ether oxygens (including phenoxy) is 1. The highest BCUT2D eigenvalue weighted by atomic mass is 16.5. The zero-order valence-corrected chi connectivity index (χ0v) is 15.0. The number of amides is 1. The summed E-state index contributed by atoms with van der Waals surface area (Å²) in [6.45, 7) is 4.29. The summed E-state index contributed by atoms with van der Waals surface area (Å²) in [5, 5.41) is 11.2. The second-order valence-electron chi connectivity index (χ2n) is 7.73. The highest BCUT2D eigenvalue weighted by molar-refractivity contribution is 6.09. The number of hydrogen-bond donors (Lipinski definition) is 3. The van der Waals surface area contributed by atoms with Crippen molar-refractivity contribution >= 4 is 23.1 Å². The summed E-state index contributed by atoms with van der Waals surface area (Å²) in [4.78, 5) is 14.1. The molecule has 3 heterocycles. The van der Waals surface area contributed by atoms with E-state index in [-0.39, 0.29) is 11.9 Å². The fraction of sp³-hybridized carbons (Fsp3) is 0.579.